The molecule has 0 unspecified atom stereocenters. The van der Waals surface area contributed by atoms with Gasteiger partial charge in [0.1, 0.15) is 0 Å². The molecule has 0 saturated carbocycles. The van der Waals surface area contributed by atoms with Crippen LogP contribution in [0.15, 0.2) is 42.2 Å². The predicted octanol–water partition coefficient (Wildman–Crippen LogP) is 2.84. The first-order valence-corrected chi connectivity index (χ1v) is 5.55. The van der Waals surface area contributed by atoms with Crippen molar-refractivity contribution in [3.05, 3.63) is 47.7 Å². The van der Waals surface area contributed by atoms with E-state index in [9.17, 15) is 4.79 Å². The Kier molecular flexibility index (Phi) is 2.82. The maximum absolute atomic E-state index is 12.3. The highest BCUT2D eigenvalue weighted by Crippen LogP contribution is 2.28. The van der Waals surface area contributed by atoms with E-state index in [1.54, 1.807) is 0 Å². The standard InChI is InChI=1S/C14H16O2/c1-14(2,11-7-4-3-5-8-11)13(15)12-9-6-10-16-12/h3-5,7-9H,6,10H2,1-2H3. The molecule has 0 saturated heterocycles. The summed E-state index contributed by atoms with van der Waals surface area (Å²) in [5.41, 5.74) is 0.508. The van der Waals surface area contributed by atoms with E-state index >= 15 is 0 Å². The van der Waals surface area contributed by atoms with Crippen molar-refractivity contribution in [2.75, 3.05) is 6.61 Å². The molecule has 0 fully saturated rings. The first kappa shape index (κ1) is 10.9. The van der Waals surface area contributed by atoms with E-state index < -0.39 is 5.41 Å². The molecular formula is C14H16O2. The van der Waals surface area contributed by atoms with Crippen LogP contribution < -0.4 is 0 Å². The van der Waals surface area contributed by atoms with E-state index in [4.69, 9.17) is 4.74 Å². The molecular weight excluding hydrogens is 200 g/mol. The van der Waals surface area contributed by atoms with Crippen molar-refractivity contribution in [2.24, 2.45) is 0 Å². The van der Waals surface area contributed by atoms with Crippen LogP contribution in [0, 0.1) is 0 Å². The number of hydrogen-bond donors (Lipinski definition) is 0. The van der Waals surface area contributed by atoms with Crippen molar-refractivity contribution in [1.82, 2.24) is 0 Å². The number of ketones is 1. The quantitative estimate of drug-likeness (QED) is 0.776. The third kappa shape index (κ3) is 1.87. The molecule has 0 amide bonds. The maximum Gasteiger partial charge on any atom is 0.206 e. The number of benzene rings is 1. The molecule has 1 aromatic carbocycles. The molecule has 1 heterocycles. The zero-order valence-electron chi connectivity index (χ0n) is 9.69. The minimum Gasteiger partial charge on any atom is -0.490 e. The summed E-state index contributed by atoms with van der Waals surface area (Å²) in [6, 6.07) is 9.82. The lowest BCUT2D eigenvalue weighted by atomic mass is 9.80. The highest BCUT2D eigenvalue weighted by molar-refractivity contribution is 6.01. The molecule has 2 rings (SSSR count). The highest BCUT2D eigenvalue weighted by atomic mass is 16.5. The number of carbonyl (C=O) groups excluding carboxylic acids is 1. The van der Waals surface area contributed by atoms with E-state index in [-0.39, 0.29) is 5.78 Å². The van der Waals surface area contributed by atoms with Crippen molar-refractivity contribution < 1.29 is 9.53 Å². The average molecular weight is 216 g/mol. The molecule has 0 N–H and O–H groups in total. The molecule has 0 radical (unpaired) electrons. The summed E-state index contributed by atoms with van der Waals surface area (Å²) >= 11 is 0. The summed E-state index contributed by atoms with van der Waals surface area (Å²) in [5.74, 6) is 0.588. The molecule has 16 heavy (non-hydrogen) atoms. The van der Waals surface area contributed by atoms with Gasteiger partial charge in [0.2, 0.25) is 5.78 Å². The van der Waals surface area contributed by atoms with E-state index in [1.807, 2.05) is 50.3 Å². The van der Waals surface area contributed by atoms with Crippen molar-refractivity contribution in [3.8, 4) is 0 Å². The third-order valence-electron chi connectivity index (χ3n) is 2.99. The Bertz CT molecular complexity index is 416. The van der Waals surface area contributed by atoms with E-state index in [2.05, 4.69) is 0 Å². The molecule has 1 aliphatic rings. The second-order valence-corrected chi connectivity index (χ2v) is 4.53. The van der Waals surface area contributed by atoms with Gasteiger partial charge in [-0.2, -0.15) is 0 Å². The molecule has 0 aromatic heterocycles. The number of ether oxygens (including phenoxy) is 1. The summed E-state index contributed by atoms with van der Waals surface area (Å²) in [5, 5.41) is 0. The number of hydrogen-bond acceptors (Lipinski definition) is 2. The van der Waals surface area contributed by atoms with Crippen LogP contribution in [-0.4, -0.2) is 12.4 Å². The monoisotopic (exact) mass is 216 g/mol. The summed E-state index contributed by atoms with van der Waals surface area (Å²) in [6.45, 7) is 4.51. The van der Waals surface area contributed by atoms with Crippen molar-refractivity contribution in [3.63, 3.8) is 0 Å². The summed E-state index contributed by atoms with van der Waals surface area (Å²) in [7, 11) is 0. The van der Waals surface area contributed by atoms with Gasteiger partial charge in [-0.15, -0.1) is 0 Å². The first-order valence-electron chi connectivity index (χ1n) is 5.55. The average Bonchev–Trinajstić information content (AvgIpc) is 2.82. The Balaban J connectivity index is 2.28. The summed E-state index contributed by atoms with van der Waals surface area (Å²) in [4.78, 5) is 12.3. The van der Waals surface area contributed by atoms with E-state index in [0.29, 0.717) is 12.4 Å². The fourth-order valence-corrected chi connectivity index (χ4v) is 1.87. The Labute approximate surface area is 95.9 Å². The molecule has 2 heteroatoms. The Morgan fingerprint density at radius 3 is 2.50 bits per heavy atom. The fraction of sp³-hybridized carbons (Fsp3) is 0.357. The molecule has 2 nitrogen and oxygen atoms in total. The Morgan fingerprint density at radius 2 is 1.94 bits per heavy atom. The molecule has 1 aliphatic heterocycles. The van der Waals surface area contributed by atoms with Crippen LogP contribution in [0.5, 0.6) is 0 Å². The van der Waals surface area contributed by atoms with Crippen LogP contribution in [0.2, 0.25) is 0 Å². The van der Waals surface area contributed by atoms with Gasteiger partial charge in [0.25, 0.3) is 0 Å². The lowest BCUT2D eigenvalue weighted by Gasteiger charge is -2.23. The number of allylic oxidation sites excluding steroid dienone is 1. The number of carbonyl (C=O) groups is 1. The second-order valence-electron chi connectivity index (χ2n) is 4.53. The molecule has 84 valence electrons. The summed E-state index contributed by atoms with van der Waals surface area (Å²) < 4.78 is 5.33. The summed E-state index contributed by atoms with van der Waals surface area (Å²) in [6.07, 6.45) is 2.72. The zero-order chi connectivity index (χ0) is 11.6. The van der Waals surface area contributed by atoms with Crippen molar-refractivity contribution in [1.29, 1.82) is 0 Å². The minimum atomic E-state index is -0.516. The molecule has 1 aromatic rings. The van der Waals surface area contributed by atoms with Gasteiger partial charge in [-0.25, -0.2) is 0 Å². The topological polar surface area (TPSA) is 26.3 Å². The van der Waals surface area contributed by atoms with Gasteiger partial charge < -0.3 is 4.74 Å². The van der Waals surface area contributed by atoms with Crippen molar-refractivity contribution in [2.45, 2.75) is 25.7 Å². The Morgan fingerprint density at radius 1 is 1.25 bits per heavy atom. The smallest absolute Gasteiger partial charge is 0.206 e. The van der Waals surface area contributed by atoms with Crippen LogP contribution in [-0.2, 0) is 14.9 Å². The van der Waals surface area contributed by atoms with Crippen LogP contribution in [0.25, 0.3) is 0 Å². The van der Waals surface area contributed by atoms with Gasteiger partial charge >= 0.3 is 0 Å². The van der Waals surface area contributed by atoms with Crippen LogP contribution in [0.3, 0.4) is 0 Å². The predicted molar refractivity (Wildman–Crippen MR) is 63.1 cm³/mol. The van der Waals surface area contributed by atoms with Crippen LogP contribution in [0.1, 0.15) is 25.8 Å². The maximum atomic E-state index is 12.3. The van der Waals surface area contributed by atoms with Gasteiger partial charge in [-0.1, -0.05) is 30.3 Å². The van der Waals surface area contributed by atoms with E-state index in [1.165, 1.54) is 0 Å². The van der Waals surface area contributed by atoms with Crippen LogP contribution >= 0.6 is 0 Å². The number of rotatable bonds is 3. The molecule has 0 bridgehead atoms. The second kappa shape index (κ2) is 4.12. The largest absolute Gasteiger partial charge is 0.490 e. The third-order valence-corrected chi connectivity index (χ3v) is 2.99. The lowest BCUT2D eigenvalue weighted by Crippen LogP contribution is -2.30. The van der Waals surface area contributed by atoms with Gasteiger partial charge in [-0.05, 0) is 25.5 Å². The highest BCUT2D eigenvalue weighted by Gasteiger charge is 2.33. The Hall–Kier alpha value is -1.57. The normalized spacial score (nSPS) is 15.5. The molecule has 0 spiro atoms. The lowest BCUT2D eigenvalue weighted by molar-refractivity contribution is -0.122. The van der Waals surface area contributed by atoms with Crippen LogP contribution in [0.4, 0.5) is 0 Å². The molecule has 0 aliphatic carbocycles. The number of Topliss-reactive ketones (excluding diaryl/α,β-unsaturated/α-hetero) is 1. The van der Waals surface area contributed by atoms with Gasteiger partial charge in [-0.3, -0.25) is 4.79 Å². The molecule has 0 atom stereocenters. The van der Waals surface area contributed by atoms with Gasteiger partial charge in [0, 0.05) is 6.42 Å². The van der Waals surface area contributed by atoms with E-state index in [0.717, 1.165) is 12.0 Å². The minimum absolute atomic E-state index is 0.0659. The SMILES string of the molecule is CC(C)(C(=O)C1=CCCO1)c1ccccc1. The van der Waals surface area contributed by atoms with Gasteiger partial charge in [0.15, 0.2) is 5.76 Å². The zero-order valence-corrected chi connectivity index (χ0v) is 9.69. The first-order chi connectivity index (χ1) is 7.62. The van der Waals surface area contributed by atoms with Gasteiger partial charge in [0.05, 0.1) is 12.0 Å². The fourth-order valence-electron chi connectivity index (χ4n) is 1.87. The van der Waals surface area contributed by atoms with Crippen molar-refractivity contribution >= 4 is 5.78 Å².